The minimum Gasteiger partial charge on any atom is -0.497 e. The highest BCUT2D eigenvalue weighted by atomic mass is 32.1. The van der Waals surface area contributed by atoms with E-state index in [-0.39, 0.29) is 5.91 Å². The largest absolute Gasteiger partial charge is 0.497 e. The van der Waals surface area contributed by atoms with E-state index in [1.807, 2.05) is 41.8 Å². The van der Waals surface area contributed by atoms with Crippen molar-refractivity contribution in [1.82, 2.24) is 14.9 Å². The van der Waals surface area contributed by atoms with Crippen molar-refractivity contribution >= 4 is 28.1 Å². The number of para-hydroxylation sites is 1. The number of methoxy groups -OCH3 is 1. The molecule has 1 amide bonds. The first kappa shape index (κ1) is 19.2. The number of rotatable bonds is 7. The molecule has 0 atom stereocenters. The fourth-order valence-electron chi connectivity index (χ4n) is 3.46. The maximum absolute atomic E-state index is 12.5. The van der Waals surface area contributed by atoms with Crippen LogP contribution >= 0.6 is 11.3 Å². The molecule has 0 bridgehead atoms. The van der Waals surface area contributed by atoms with E-state index in [4.69, 9.17) is 4.74 Å². The van der Waals surface area contributed by atoms with Gasteiger partial charge in [0.1, 0.15) is 16.5 Å². The topological polar surface area (TPSA) is 56.2 Å². The molecule has 148 valence electrons. The molecule has 0 fully saturated rings. The number of nitrogens with zero attached hydrogens (tertiary/aromatic N) is 2. The number of amides is 1. The maximum atomic E-state index is 12.5. The molecule has 0 unspecified atom stereocenters. The standard InChI is InChI=1S/C23H23N3O2S/c1-3-26-20-10-5-4-8-17(20)14-21(26)23-25-19(15-29-23)22(27)24-12-11-16-7-6-9-18(13-16)28-2/h4-10,13-15H,3,11-12H2,1-2H3,(H,24,27). The molecule has 5 nitrogen and oxygen atoms in total. The summed E-state index contributed by atoms with van der Waals surface area (Å²) in [5.74, 6) is 0.679. The highest BCUT2D eigenvalue weighted by molar-refractivity contribution is 7.13. The lowest BCUT2D eigenvalue weighted by molar-refractivity contribution is 0.0950. The van der Waals surface area contributed by atoms with Gasteiger partial charge in [0, 0.05) is 29.4 Å². The highest BCUT2D eigenvalue weighted by Gasteiger charge is 2.15. The van der Waals surface area contributed by atoms with Gasteiger partial charge in [-0.3, -0.25) is 4.79 Å². The van der Waals surface area contributed by atoms with Gasteiger partial charge in [0.15, 0.2) is 0 Å². The monoisotopic (exact) mass is 405 g/mol. The molecule has 0 radical (unpaired) electrons. The minimum absolute atomic E-state index is 0.144. The molecule has 0 spiro atoms. The third-order valence-electron chi connectivity index (χ3n) is 4.92. The third-order valence-corrected chi connectivity index (χ3v) is 5.78. The van der Waals surface area contributed by atoms with Crippen molar-refractivity contribution in [3.63, 3.8) is 0 Å². The van der Waals surface area contributed by atoms with Gasteiger partial charge in [-0.05, 0) is 43.2 Å². The second-order valence-electron chi connectivity index (χ2n) is 6.73. The zero-order valence-electron chi connectivity index (χ0n) is 16.5. The van der Waals surface area contributed by atoms with Crippen LogP contribution in [-0.4, -0.2) is 29.1 Å². The zero-order chi connectivity index (χ0) is 20.2. The molecule has 6 heteroatoms. The summed E-state index contributed by atoms with van der Waals surface area (Å²) in [5.41, 5.74) is 3.82. The first-order chi connectivity index (χ1) is 14.2. The number of hydrogen-bond donors (Lipinski definition) is 1. The zero-order valence-corrected chi connectivity index (χ0v) is 17.3. The van der Waals surface area contributed by atoms with Crippen LogP contribution in [0.15, 0.2) is 60.0 Å². The maximum Gasteiger partial charge on any atom is 0.270 e. The van der Waals surface area contributed by atoms with Crippen molar-refractivity contribution in [2.45, 2.75) is 19.9 Å². The predicted molar refractivity (Wildman–Crippen MR) is 118 cm³/mol. The second kappa shape index (κ2) is 8.49. The van der Waals surface area contributed by atoms with Gasteiger partial charge in [-0.25, -0.2) is 4.98 Å². The van der Waals surface area contributed by atoms with Crippen LogP contribution in [0.25, 0.3) is 21.6 Å². The normalized spacial score (nSPS) is 11.0. The Hall–Kier alpha value is -3.12. The first-order valence-corrected chi connectivity index (χ1v) is 10.5. The van der Waals surface area contributed by atoms with Gasteiger partial charge in [0.2, 0.25) is 0 Å². The Bertz CT molecular complexity index is 1150. The molecule has 2 heterocycles. The number of aromatic nitrogens is 2. The van der Waals surface area contributed by atoms with Crippen LogP contribution in [0.5, 0.6) is 5.75 Å². The Morgan fingerprint density at radius 2 is 2.03 bits per heavy atom. The van der Waals surface area contributed by atoms with Gasteiger partial charge in [-0.2, -0.15) is 0 Å². The molecule has 4 aromatic rings. The Kier molecular flexibility index (Phi) is 5.62. The number of hydrogen-bond acceptors (Lipinski definition) is 4. The molecule has 0 aliphatic rings. The summed E-state index contributed by atoms with van der Waals surface area (Å²) >= 11 is 1.50. The van der Waals surface area contributed by atoms with Crippen LogP contribution in [0.4, 0.5) is 0 Å². The Morgan fingerprint density at radius 3 is 2.86 bits per heavy atom. The molecule has 2 aromatic carbocycles. The van der Waals surface area contributed by atoms with E-state index < -0.39 is 0 Å². The summed E-state index contributed by atoms with van der Waals surface area (Å²) in [7, 11) is 1.65. The average Bonchev–Trinajstić information content (AvgIpc) is 3.38. The summed E-state index contributed by atoms with van der Waals surface area (Å²) in [6.07, 6.45) is 0.740. The lowest BCUT2D eigenvalue weighted by atomic mass is 10.1. The molecule has 2 aromatic heterocycles. The van der Waals surface area contributed by atoms with Gasteiger partial charge in [0.25, 0.3) is 5.91 Å². The van der Waals surface area contributed by atoms with Crippen molar-refractivity contribution in [3.05, 3.63) is 71.2 Å². The highest BCUT2D eigenvalue weighted by Crippen LogP contribution is 2.30. The third kappa shape index (κ3) is 4.03. The lowest BCUT2D eigenvalue weighted by Gasteiger charge is -2.06. The van der Waals surface area contributed by atoms with Crippen molar-refractivity contribution in [3.8, 4) is 16.5 Å². The molecular formula is C23H23N3O2S. The summed E-state index contributed by atoms with van der Waals surface area (Å²) in [6, 6.07) is 18.3. The minimum atomic E-state index is -0.144. The van der Waals surface area contributed by atoms with Crippen molar-refractivity contribution in [2.24, 2.45) is 0 Å². The number of fused-ring (bicyclic) bond motifs is 1. The molecule has 0 saturated carbocycles. The predicted octanol–water partition coefficient (Wildman–Crippen LogP) is 4.77. The summed E-state index contributed by atoms with van der Waals surface area (Å²) in [6.45, 7) is 3.52. The fourth-order valence-corrected chi connectivity index (χ4v) is 4.29. The molecule has 4 rings (SSSR count). The van der Waals surface area contributed by atoms with Gasteiger partial charge < -0.3 is 14.6 Å². The lowest BCUT2D eigenvalue weighted by Crippen LogP contribution is -2.26. The summed E-state index contributed by atoms with van der Waals surface area (Å²) < 4.78 is 7.47. The molecule has 1 N–H and O–H groups in total. The Balaban J connectivity index is 1.45. The Labute approximate surface area is 174 Å². The van der Waals surface area contributed by atoms with E-state index in [0.29, 0.717) is 12.2 Å². The van der Waals surface area contributed by atoms with Crippen LogP contribution in [0, 0.1) is 0 Å². The van der Waals surface area contributed by atoms with Crippen LogP contribution < -0.4 is 10.1 Å². The summed E-state index contributed by atoms with van der Waals surface area (Å²) in [4.78, 5) is 17.1. The second-order valence-corrected chi connectivity index (χ2v) is 7.59. The van der Waals surface area contributed by atoms with E-state index in [0.717, 1.165) is 35.0 Å². The van der Waals surface area contributed by atoms with E-state index in [1.54, 1.807) is 7.11 Å². The van der Waals surface area contributed by atoms with E-state index in [9.17, 15) is 4.79 Å². The SMILES string of the molecule is CCn1c(-c2nc(C(=O)NCCc3cccc(OC)c3)cs2)cc2ccccc21. The number of carbonyl (C=O) groups is 1. The fraction of sp³-hybridized carbons (Fsp3) is 0.217. The van der Waals surface area contributed by atoms with Crippen molar-refractivity contribution in [1.29, 1.82) is 0 Å². The van der Waals surface area contributed by atoms with E-state index in [2.05, 4.69) is 40.0 Å². The number of carbonyl (C=O) groups excluding carboxylic acids is 1. The van der Waals surface area contributed by atoms with Gasteiger partial charge >= 0.3 is 0 Å². The molecule has 29 heavy (non-hydrogen) atoms. The van der Waals surface area contributed by atoms with Crippen LogP contribution in [-0.2, 0) is 13.0 Å². The molecular weight excluding hydrogens is 382 g/mol. The van der Waals surface area contributed by atoms with Gasteiger partial charge in [-0.1, -0.05) is 30.3 Å². The van der Waals surface area contributed by atoms with Crippen LogP contribution in [0.2, 0.25) is 0 Å². The Morgan fingerprint density at radius 1 is 1.17 bits per heavy atom. The van der Waals surface area contributed by atoms with Gasteiger partial charge in [0.05, 0.1) is 12.8 Å². The number of aryl methyl sites for hydroxylation is 1. The average molecular weight is 406 g/mol. The number of ether oxygens (including phenoxy) is 1. The van der Waals surface area contributed by atoms with Crippen molar-refractivity contribution < 1.29 is 9.53 Å². The van der Waals surface area contributed by atoms with E-state index >= 15 is 0 Å². The number of benzene rings is 2. The van der Waals surface area contributed by atoms with Crippen molar-refractivity contribution in [2.75, 3.05) is 13.7 Å². The summed E-state index contributed by atoms with van der Waals surface area (Å²) in [5, 5.41) is 6.84. The van der Waals surface area contributed by atoms with E-state index in [1.165, 1.54) is 22.2 Å². The molecule has 0 aliphatic carbocycles. The molecule has 0 saturated heterocycles. The van der Waals surface area contributed by atoms with Gasteiger partial charge in [-0.15, -0.1) is 11.3 Å². The number of thiazole rings is 1. The van der Waals surface area contributed by atoms with Crippen LogP contribution in [0.3, 0.4) is 0 Å². The molecule has 0 aliphatic heterocycles. The van der Waals surface area contributed by atoms with Crippen LogP contribution in [0.1, 0.15) is 23.0 Å². The first-order valence-electron chi connectivity index (χ1n) is 9.65. The number of nitrogens with one attached hydrogen (secondary N) is 1. The quantitative estimate of drug-likeness (QED) is 0.482. The smallest absolute Gasteiger partial charge is 0.270 e.